The summed E-state index contributed by atoms with van der Waals surface area (Å²) in [5.74, 6) is 1.94. The molecule has 0 N–H and O–H groups in total. The third-order valence-corrected chi connectivity index (χ3v) is 4.86. The van der Waals surface area contributed by atoms with Gasteiger partial charge in [-0.1, -0.05) is 24.3 Å². The third-order valence-electron chi connectivity index (χ3n) is 4.86. The molecule has 2 aromatic carbocycles. The molecule has 0 atom stereocenters. The van der Waals surface area contributed by atoms with Crippen molar-refractivity contribution in [3.05, 3.63) is 60.2 Å². The van der Waals surface area contributed by atoms with Crippen molar-refractivity contribution >= 4 is 16.8 Å². The number of carbonyl (C=O) groups excluding carboxylic acids is 1. The van der Waals surface area contributed by atoms with Gasteiger partial charge < -0.3 is 19.1 Å². The molecular formula is C22H22N2O4. The lowest BCUT2D eigenvalue weighted by atomic mass is 10.1. The number of para-hydroxylation sites is 1. The van der Waals surface area contributed by atoms with Gasteiger partial charge in [0.05, 0.1) is 39.2 Å². The Kier molecular flexibility index (Phi) is 5.02. The van der Waals surface area contributed by atoms with Gasteiger partial charge in [0, 0.05) is 11.5 Å². The summed E-state index contributed by atoms with van der Waals surface area (Å²) in [4.78, 5) is 18.8. The van der Waals surface area contributed by atoms with E-state index in [1.807, 2.05) is 54.6 Å². The predicted octanol–water partition coefficient (Wildman–Crippen LogP) is 3.08. The van der Waals surface area contributed by atoms with Crippen LogP contribution in [-0.2, 0) is 11.2 Å². The minimum Gasteiger partial charge on any atom is -0.493 e. The van der Waals surface area contributed by atoms with Gasteiger partial charge in [0.1, 0.15) is 6.10 Å². The van der Waals surface area contributed by atoms with Crippen LogP contribution in [-0.4, -0.2) is 49.2 Å². The Bertz CT molecular complexity index is 999. The maximum Gasteiger partial charge on any atom is 0.227 e. The van der Waals surface area contributed by atoms with Crippen molar-refractivity contribution in [3.8, 4) is 17.4 Å². The number of fused-ring (bicyclic) bond motifs is 1. The SMILES string of the molecule is COc1ccc(CC(=O)N2CC(Oc3ccc4ccccc4n3)C2)cc1OC. The number of methoxy groups -OCH3 is 2. The number of carbonyl (C=O) groups is 1. The molecule has 4 rings (SSSR count). The van der Waals surface area contributed by atoms with Crippen molar-refractivity contribution in [3.63, 3.8) is 0 Å². The van der Waals surface area contributed by atoms with Crippen molar-refractivity contribution in [2.75, 3.05) is 27.3 Å². The Labute approximate surface area is 163 Å². The average molecular weight is 378 g/mol. The van der Waals surface area contributed by atoms with Crippen LogP contribution >= 0.6 is 0 Å². The topological polar surface area (TPSA) is 60.9 Å². The van der Waals surface area contributed by atoms with E-state index in [0.717, 1.165) is 16.5 Å². The molecule has 3 aromatic rings. The Morgan fingerprint density at radius 3 is 2.61 bits per heavy atom. The normalized spacial score (nSPS) is 13.9. The van der Waals surface area contributed by atoms with Gasteiger partial charge in [-0.15, -0.1) is 0 Å². The van der Waals surface area contributed by atoms with E-state index in [0.29, 0.717) is 36.9 Å². The molecule has 1 saturated heterocycles. The zero-order chi connectivity index (χ0) is 19.5. The molecule has 6 heteroatoms. The first kappa shape index (κ1) is 18.1. The number of benzene rings is 2. The average Bonchev–Trinajstić information content (AvgIpc) is 2.70. The van der Waals surface area contributed by atoms with E-state index >= 15 is 0 Å². The second-order valence-corrected chi connectivity index (χ2v) is 6.75. The molecule has 2 heterocycles. The molecule has 28 heavy (non-hydrogen) atoms. The van der Waals surface area contributed by atoms with E-state index in [1.54, 1.807) is 19.1 Å². The minimum absolute atomic E-state index is 0.0250. The highest BCUT2D eigenvalue weighted by Gasteiger charge is 2.32. The molecule has 0 saturated carbocycles. The fourth-order valence-corrected chi connectivity index (χ4v) is 3.28. The maximum absolute atomic E-state index is 12.5. The molecule has 1 aliphatic rings. The van der Waals surface area contributed by atoms with Crippen LogP contribution in [0.3, 0.4) is 0 Å². The highest BCUT2D eigenvalue weighted by molar-refractivity contribution is 5.80. The van der Waals surface area contributed by atoms with Crippen LogP contribution in [0, 0.1) is 0 Å². The first-order chi connectivity index (χ1) is 13.7. The van der Waals surface area contributed by atoms with Crippen molar-refractivity contribution < 1.29 is 19.0 Å². The lowest BCUT2D eigenvalue weighted by molar-refractivity contribution is -0.139. The summed E-state index contributed by atoms with van der Waals surface area (Å²) in [6.07, 6.45) is 0.296. The first-order valence-corrected chi connectivity index (χ1v) is 9.17. The van der Waals surface area contributed by atoms with Gasteiger partial charge >= 0.3 is 0 Å². The first-order valence-electron chi connectivity index (χ1n) is 9.17. The van der Waals surface area contributed by atoms with E-state index < -0.39 is 0 Å². The number of ether oxygens (including phenoxy) is 3. The van der Waals surface area contributed by atoms with Gasteiger partial charge in [0.2, 0.25) is 11.8 Å². The Hall–Kier alpha value is -3.28. The summed E-state index contributed by atoms with van der Waals surface area (Å²) in [5.41, 5.74) is 1.80. The molecule has 0 radical (unpaired) electrons. The van der Waals surface area contributed by atoms with Gasteiger partial charge in [0.25, 0.3) is 0 Å². The minimum atomic E-state index is -0.0250. The molecule has 0 unspecified atom stereocenters. The van der Waals surface area contributed by atoms with E-state index in [1.165, 1.54) is 0 Å². The second kappa shape index (κ2) is 7.76. The van der Waals surface area contributed by atoms with Crippen LogP contribution in [0.1, 0.15) is 5.56 Å². The van der Waals surface area contributed by atoms with Crippen molar-refractivity contribution in [1.29, 1.82) is 0 Å². The standard InChI is InChI=1S/C22H22N2O4/c1-26-19-9-7-15(11-20(19)27-2)12-22(25)24-13-17(14-24)28-21-10-8-16-5-3-4-6-18(16)23-21/h3-11,17H,12-14H2,1-2H3. The summed E-state index contributed by atoms with van der Waals surface area (Å²) in [5, 5.41) is 1.08. The number of nitrogens with zero attached hydrogens (tertiary/aromatic N) is 2. The molecule has 1 amide bonds. The summed E-state index contributed by atoms with van der Waals surface area (Å²) >= 11 is 0. The zero-order valence-electron chi connectivity index (χ0n) is 15.9. The highest BCUT2D eigenvalue weighted by Crippen LogP contribution is 2.28. The Balaban J connectivity index is 1.32. The fraction of sp³-hybridized carbons (Fsp3) is 0.273. The largest absolute Gasteiger partial charge is 0.493 e. The van der Waals surface area contributed by atoms with Crippen LogP contribution in [0.2, 0.25) is 0 Å². The van der Waals surface area contributed by atoms with Crippen LogP contribution in [0.15, 0.2) is 54.6 Å². The van der Waals surface area contributed by atoms with Gasteiger partial charge in [0.15, 0.2) is 11.5 Å². The maximum atomic E-state index is 12.5. The van der Waals surface area contributed by atoms with Gasteiger partial charge in [-0.05, 0) is 29.8 Å². The molecule has 0 spiro atoms. The van der Waals surface area contributed by atoms with Gasteiger partial charge in [-0.3, -0.25) is 4.79 Å². The summed E-state index contributed by atoms with van der Waals surface area (Å²) in [6, 6.07) is 17.3. The zero-order valence-corrected chi connectivity index (χ0v) is 15.9. The Morgan fingerprint density at radius 1 is 1.04 bits per heavy atom. The number of aromatic nitrogens is 1. The summed E-state index contributed by atoms with van der Waals surface area (Å²) < 4.78 is 16.4. The van der Waals surface area contributed by atoms with Crippen LogP contribution < -0.4 is 14.2 Å². The van der Waals surface area contributed by atoms with Crippen molar-refractivity contribution in [2.24, 2.45) is 0 Å². The van der Waals surface area contributed by atoms with Crippen molar-refractivity contribution in [2.45, 2.75) is 12.5 Å². The fourth-order valence-electron chi connectivity index (χ4n) is 3.28. The summed E-state index contributed by atoms with van der Waals surface area (Å²) in [7, 11) is 3.18. The van der Waals surface area contributed by atoms with E-state index in [-0.39, 0.29) is 12.0 Å². The predicted molar refractivity (Wildman–Crippen MR) is 106 cm³/mol. The molecule has 0 bridgehead atoms. The number of likely N-dealkylation sites (tertiary alicyclic amines) is 1. The molecule has 1 aromatic heterocycles. The number of hydrogen-bond acceptors (Lipinski definition) is 5. The van der Waals surface area contributed by atoms with Crippen LogP contribution in [0.4, 0.5) is 0 Å². The monoisotopic (exact) mass is 378 g/mol. The number of amides is 1. The molecular weight excluding hydrogens is 356 g/mol. The third kappa shape index (κ3) is 3.71. The number of rotatable bonds is 6. The van der Waals surface area contributed by atoms with E-state index in [2.05, 4.69) is 4.98 Å². The number of pyridine rings is 1. The highest BCUT2D eigenvalue weighted by atomic mass is 16.5. The number of hydrogen-bond donors (Lipinski definition) is 0. The lowest BCUT2D eigenvalue weighted by Crippen LogP contribution is -2.56. The van der Waals surface area contributed by atoms with Gasteiger partial charge in [-0.2, -0.15) is 0 Å². The quantitative estimate of drug-likeness (QED) is 0.660. The summed E-state index contributed by atoms with van der Waals surface area (Å²) in [6.45, 7) is 1.14. The van der Waals surface area contributed by atoms with E-state index in [4.69, 9.17) is 14.2 Å². The Morgan fingerprint density at radius 2 is 1.82 bits per heavy atom. The molecule has 1 aliphatic heterocycles. The molecule has 1 fully saturated rings. The lowest BCUT2D eigenvalue weighted by Gasteiger charge is -2.38. The molecule has 0 aliphatic carbocycles. The molecule has 6 nitrogen and oxygen atoms in total. The molecule has 144 valence electrons. The smallest absolute Gasteiger partial charge is 0.227 e. The second-order valence-electron chi connectivity index (χ2n) is 6.75. The van der Waals surface area contributed by atoms with Crippen LogP contribution in [0.25, 0.3) is 10.9 Å². The van der Waals surface area contributed by atoms with Crippen molar-refractivity contribution in [1.82, 2.24) is 9.88 Å². The van der Waals surface area contributed by atoms with Crippen LogP contribution in [0.5, 0.6) is 17.4 Å². The van der Waals surface area contributed by atoms with E-state index in [9.17, 15) is 4.79 Å². The van der Waals surface area contributed by atoms with Gasteiger partial charge in [-0.25, -0.2) is 4.98 Å².